The van der Waals surface area contributed by atoms with E-state index in [4.69, 9.17) is 14.9 Å². The maximum atomic E-state index is 12.8. The predicted molar refractivity (Wildman–Crippen MR) is 90.4 cm³/mol. The molecule has 1 aromatic carbocycles. The van der Waals surface area contributed by atoms with Crippen LogP contribution in [0.4, 0.5) is 0 Å². The third kappa shape index (κ3) is 2.90. The molecule has 0 fully saturated rings. The topological polar surface area (TPSA) is 103 Å². The summed E-state index contributed by atoms with van der Waals surface area (Å²) in [5, 5.41) is 19.7. The Morgan fingerprint density at radius 2 is 2.00 bits per heavy atom. The molecule has 2 aliphatic rings. The number of nitro groups is 1. The third-order valence-electron chi connectivity index (χ3n) is 4.71. The number of carbonyl (C=O) groups excluding carboxylic acids is 1. The fraction of sp³-hybridized carbons (Fsp3) is 0.444. The maximum Gasteiger partial charge on any atom is 0.298 e. The van der Waals surface area contributed by atoms with Crippen molar-refractivity contribution in [3.63, 3.8) is 0 Å². The number of carbonyl (C=O) groups is 1. The van der Waals surface area contributed by atoms with E-state index in [2.05, 4.69) is 0 Å². The Balaban J connectivity index is 2.24. The number of Topliss-reactive ketones (excluding diaryl/α,β-unsaturated/α-hetero) is 1. The first kappa shape index (κ1) is 17.1. The van der Waals surface area contributed by atoms with E-state index in [-0.39, 0.29) is 11.2 Å². The van der Waals surface area contributed by atoms with Crippen molar-refractivity contribution in [1.29, 1.82) is 5.41 Å². The number of ketones is 1. The Hall–Kier alpha value is -2.70. The normalized spacial score (nSPS) is 25.2. The van der Waals surface area contributed by atoms with E-state index in [9.17, 15) is 14.9 Å². The van der Waals surface area contributed by atoms with Crippen LogP contribution in [0.15, 0.2) is 35.6 Å². The summed E-state index contributed by atoms with van der Waals surface area (Å²) < 4.78 is 10.8. The number of ether oxygens (including phenoxy) is 2. The molecular weight excluding hydrogens is 324 g/mol. The quantitative estimate of drug-likeness (QED) is 0.670. The minimum absolute atomic E-state index is 0.165. The van der Waals surface area contributed by atoms with E-state index < -0.39 is 22.8 Å². The fourth-order valence-corrected chi connectivity index (χ4v) is 3.68. The average Bonchev–Trinajstić information content (AvgIpc) is 2.51. The monoisotopic (exact) mass is 344 g/mol. The Kier molecular flexibility index (Phi) is 4.10. The van der Waals surface area contributed by atoms with Crippen LogP contribution in [0.25, 0.3) is 0 Å². The van der Waals surface area contributed by atoms with E-state index in [0.29, 0.717) is 35.5 Å². The van der Waals surface area contributed by atoms with Crippen LogP contribution in [0.1, 0.15) is 38.2 Å². The minimum atomic E-state index is -1.44. The molecule has 1 N–H and O–H groups in total. The zero-order valence-electron chi connectivity index (χ0n) is 14.4. The number of hydrogen-bond acceptors (Lipinski definition) is 6. The second kappa shape index (κ2) is 5.98. The van der Waals surface area contributed by atoms with Crippen LogP contribution in [-0.2, 0) is 9.53 Å². The van der Waals surface area contributed by atoms with Gasteiger partial charge in [0.15, 0.2) is 5.78 Å². The molecule has 0 bridgehead atoms. The number of rotatable bonds is 3. The van der Waals surface area contributed by atoms with Gasteiger partial charge >= 0.3 is 0 Å². The van der Waals surface area contributed by atoms with Gasteiger partial charge in [-0.3, -0.25) is 20.3 Å². The standard InChI is InChI=1S/C18H20N2O5/c1-18(2)8-11(21)15-13(9-18)25-17(19)16(20(22)23)14(15)10-6-4-5-7-12(10)24-3/h4-7,14,16,19H,8-9H2,1-3H3. The van der Waals surface area contributed by atoms with Crippen molar-refractivity contribution in [2.75, 3.05) is 7.11 Å². The number of methoxy groups -OCH3 is 1. The maximum absolute atomic E-state index is 12.8. The molecular formula is C18H20N2O5. The van der Waals surface area contributed by atoms with Crippen LogP contribution in [0.2, 0.25) is 0 Å². The van der Waals surface area contributed by atoms with Gasteiger partial charge in [0, 0.05) is 28.9 Å². The van der Waals surface area contributed by atoms with Gasteiger partial charge in [0.2, 0.25) is 0 Å². The van der Waals surface area contributed by atoms with Gasteiger partial charge in [-0.25, -0.2) is 0 Å². The van der Waals surface area contributed by atoms with E-state index in [1.54, 1.807) is 24.3 Å². The molecule has 1 aliphatic heterocycles. The van der Waals surface area contributed by atoms with Crippen molar-refractivity contribution in [2.45, 2.75) is 38.6 Å². The molecule has 3 rings (SSSR count). The smallest absolute Gasteiger partial charge is 0.298 e. The highest BCUT2D eigenvalue weighted by molar-refractivity contribution is 6.02. The average molecular weight is 344 g/mol. The van der Waals surface area contributed by atoms with Crippen LogP contribution in [-0.4, -0.2) is 29.8 Å². The molecule has 0 radical (unpaired) electrons. The van der Waals surface area contributed by atoms with Gasteiger partial charge in [-0.1, -0.05) is 32.0 Å². The Labute approximate surface area is 145 Å². The summed E-state index contributed by atoms with van der Waals surface area (Å²) in [6.07, 6.45) is 0.755. The lowest BCUT2D eigenvalue weighted by molar-refractivity contribution is -0.508. The van der Waals surface area contributed by atoms with E-state index in [0.717, 1.165) is 0 Å². The number of para-hydroxylation sites is 1. The van der Waals surface area contributed by atoms with Gasteiger partial charge in [0.25, 0.3) is 11.9 Å². The van der Waals surface area contributed by atoms with Crippen molar-refractivity contribution in [1.82, 2.24) is 0 Å². The third-order valence-corrected chi connectivity index (χ3v) is 4.71. The molecule has 2 unspecified atom stereocenters. The lowest BCUT2D eigenvalue weighted by Gasteiger charge is -2.38. The molecule has 7 heteroatoms. The Morgan fingerprint density at radius 3 is 2.64 bits per heavy atom. The molecule has 132 valence electrons. The number of hydrogen-bond donors (Lipinski definition) is 1. The summed E-state index contributed by atoms with van der Waals surface area (Å²) in [6.45, 7) is 3.89. The molecule has 0 spiro atoms. The van der Waals surface area contributed by atoms with Gasteiger partial charge in [-0.2, -0.15) is 0 Å². The zero-order chi connectivity index (χ0) is 18.4. The second-order valence-electron chi connectivity index (χ2n) is 7.19. The van der Waals surface area contributed by atoms with E-state index in [1.807, 2.05) is 13.8 Å². The van der Waals surface area contributed by atoms with Crippen molar-refractivity contribution in [3.8, 4) is 5.75 Å². The van der Waals surface area contributed by atoms with Crippen molar-refractivity contribution >= 4 is 11.7 Å². The molecule has 7 nitrogen and oxygen atoms in total. The number of allylic oxidation sites excluding steroid dienone is 1. The minimum Gasteiger partial charge on any atom is -0.496 e. The zero-order valence-corrected chi connectivity index (χ0v) is 14.4. The van der Waals surface area contributed by atoms with Crippen molar-refractivity contribution in [3.05, 3.63) is 51.3 Å². The summed E-state index contributed by atoms with van der Waals surface area (Å²) in [5.74, 6) is -0.656. The number of nitrogens with zero attached hydrogens (tertiary/aromatic N) is 1. The van der Waals surface area contributed by atoms with Crippen molar-refractivity contribution in [2.24, 2.45) is 5.41 Å². The molecule has 0 aromatic heterocycles. The molecule has 1 heterocycles. The molecule has 1 aromatic rings. The summed E-state index contributed by atoms with van der Waals surface area (Å²) in [7, 11) is 1.48. The lowest BCUT2D eigenvalue weighted by atomic mass is 9.70. The molecule has 0 saturated heterocycles. The highest BCUT2D eigenvalue weighted by Crippen LogP contribution is 2.48. The van der Waals surface area contributed by atoms with Gasteiger partial charge in [0.05, 0.1) is 13.0 Å². The van der Waals surface area contributed by atoms with Crippen LogP contribution < -0.4 is 4.74 Å². The Bertz CT molecular complexity index is 796. The first-order chi connectivity index (χ1) is 11.7. The molecule has 0 saturated carbocycles. The molecule has 1 aliphatic carbocycles. The van der Waals surface area contributed by atoms with Gasteiger partial charge in [0.1, 0.15) is 11.5 Å². The van der Waals surface area contributed by atoms with Crippen LogP contribution in [0, 0.1) is 20.9 Å². The molecule has 25 heavy (non-hydrogen) atoms. The summed E-state index contributed by atoms with van der Waals surface area (Å²) in [4.78, 5) is 23.9. The first-order valence-electron chi connectivity index (χ1n) is 8.04. The van der Waals surface area contributed by atoms with Gasteiger partial charge in [-0.05, 0) is 11.5 Å². The molecule has 2 atom stereocenters. The lowest BCUT2D eigenvalue weighted by Crippen LogP contribution is -2.45. The summed E-state index contributed by atoms with van der Waals surface area (Å²) in [6, 6.07) is 5.46. The predicted octanol–water partition coefficient (Wildman–Crippen LogP) is 3.07. The fourth-order valence-electron chi connectivity index (χ4n) is 3.68. The van der Waals surface area contributed by atoms with Gasteiger partial charge < -0.3 is 9.47 Å². The summed E-state index contributed by atoms with van der Waals surface area (Å²) in [5.41, 5.74) is 0.532. The van der Waals surface area contributed by atoms with Crippen LogP contribution >= 0.6 is 0 Å². The first-order valence-corrected chi connectivity index (χ1v) is 8.04. The Morgan fingerprint density at radius 1 is 1.32 bits per heavy atom. The van der Waals surface area contributed by atoms with E-state index >= 15 is 0 Å². The van der Waals surface area contributed by atoms with Crippen molar-refractivity contribution < 1.29 is 19.2 Å². The number of nitrogens with one attached hydrogen (secondary N) is 1. The second-order valence-corrected chi connectivity index (χ2v) is 7.19. The highest BCUT2D eigenvalue weighted by atomic mass is 16.6. The largest absolute Gasteiger partial charge is 0.496 e. The number of benzene rings is 1. The van der Waals surface area contributed by atoms with Crippen LogP contribution in [0.3, 0.4) is 0 Å². The molecule has 0 amide bonds. The van der Waals surface area contributed by atoms with Gasteiger partial charge in [-0.15, -0.1) is 0 Å². The van der Waals surface area contributed by atoms with Crippen LogP contribution in [0.5, 0.6) is 5.75 Å². The highest BCUT2D eigenvalue weighted by Gasteiger charge is 2.52. The summed E-state index contributed by atoms with van der Waals surface area (Å²) >= 11 is 0. The van der Waals surface area contributed by atoms with E-state index in [1.165, 1.54) is 7.11 Å². The SMILES string of the molecule is COc1ccccc1C1C2=C(CC(C)(C)CC2=O)OC(=N)C1[N+](=O)[O-].